The summed E-state index contributed by atoms with van der Waals surface area (Å²) in [6.45, 7) is 2.56. The molecule has 35 heavy (non-hydrogen) atoms. The van der Waals surface area contributed by atoms with Gasteiger partial charge in [-0.2, -0.15) is 13.9 Å². The van der Waals surface area contributed by atoms with Crippen LogP contribution in [0.5, 0.6) is 11.5 Å². The number of carbonyl (C=O) groups excluding carboxylic acids is 1. The molecule has 1 aliphatic rings. The van der Waals surface area contributed by atoms with Crippen LogP contribution in [0.15, 0.2) is 46.0 Å². The lowest BCUT2D eigenvalue weighted by Gasteiger charge is -2.22. The Morgan fingerprint density at radius 1 is 1.17 bits per heavy atom. The second kappa shape index (κ2) is 9.73. The van der Waals surface area contributed by atoms with Crippen LogP contribution in [-0.4, -0.2) is 48.7 Å². The monoisotopic (exact) mass is 484 g/mol. The molecule has 3 aromatic rings. The number of hydrazone groups is 1. The number of nitrogens with zero attached hydrogens (tertiary/aromatic N) is 3. The number of carbonyl (C=O) groups is 1. The fraction of sp³-hybridized carbons (Fsp3) is 0.320. The van der Waals surface area contributed by atoms with Gasteiger partial charge in [-0.3, -0.25) is 0 Å². The third kappa shape index (κ3) is 4.68. The predicted molar refractivity (Wildman–Crippen MR) is 126 cm³/mol. The zero-order chi connectivity index (χ0) is 25.3. The molecule has 0 saturated carbocycles. The number of rotatable bonds is 5. The van der Waals surface area contributed by atoms with Crippen molar-refractivity contribution in [3.63, 3.8) is 0 Å². The predicted octanol–water partition coefficient (Wildman–Crippen LogP) is 4.91. The maximum absolute atomic E-state index is 13.0. The Bertz CT molecular complexity index is 1250. The van der Waals surface area contributed by atoms with Gasteiger partial charge in [-0.25, -0.2) is 9.80 Å². The second-order valence-electron chi connectivity index (χ2n) is 8.22. The van der Waals surface area contributed by atoms with Crippen molar-refractivity contribution in [2.24, 2.45) is 5.10 Å². The number of fused-ring (bicyclic) bond motifs is 1. The standard InChI is InChI=1S/C25H26F2N4O4/c1-13-10-18-11-21(34-24(26)27)20(33-5)12-19(18)23(29-31(13)25(32)28-4)17-8-6-16(7-9-17)22-14(2)30-35-15(22)3/h6-9,11-13,24H,10H2,1-5H3,(H,28,32)/t13-/m1/s1. The molecule has 1 aliphatic heterocycles. The summed E-state index contributed by atoms with van der Waals surface area (Å²) in [7, 11) is 2.91. The van der Waals surface area contributed by atoms with Crippen LogP contribution in [0.25, 0.3) is 11.1 Å². The van der Waals surface area contributed by atoms with Crippen LogP contribution in [0.3, 0.4) is 0 Å². The molecule has 2 heterocycles. The highest BCUT2D eigenvalue weighted by atomic mass is 19.3. The molecular formula is C25H26F2N4O4. The van der Waals surface area contributed by atoms with Crippen molar-refractivity contribution < 1.29 is 27.6 Å². The molecule has 2 aromatic carbocycles. The van der Waals surface area contributed by atoms with E-state index in [0.29, 0.717) is 29.0 Å². The lowest BCUT2D eigenvalue weighted by atomic mass is 9.93. The largest absolute Gasteiger partial charge is 0.493 e. The minimum Gasteiger partial charge on any atom is -0.493 e. The summed E-state index contributed by atoms with van der Waals surface area (Å²) in [5.74, 6) is 0.781. The summed E-state index contributed by atoms with van der Waals surface area (Å²) < 4.78 is 41.3. The van der Waals surface area contributed by atoms with E-state index in [1.54, 1.807) is 6.07 Å². The molecule has 0 unspecified atom stereocenters. The van der Waals surface area contributed by atoms with Gasteiger partial charge >= 0.3 is 12.6 Å². The molecular weight excluding hydrogens is 458 g/mol. The summed E-state index contributed by atoms with van der Waals surface area (Å²) in [5, 5.41) is 12.7. The van der Waals surface area contributed by atoms with Gasteiger partial charge in [0.2, 0.25) is 0 Å². The number of hydrogen-bond donors (Lipinski definition) is 1. The van der Waals surface area contributed by atoms with Crippen molar-refractivity contribution in [3.8, 4) is 22.6 Å². The zero-order valence-corrected chi connectivity index (χ0v) is 20.1. The van der Waals surface area contributed by atoms with Crippen molar-refractivity contribution in [3.05, 3.63) is 64.5 Å². The molecule has 8 nitrogen and oxygen atoms in total. The van der Waals surface area contributed by atoms with Gasteiger partial charge in [0.15, 0.2) is 11.5 Å². The highest BCUT2D eigenvalue weighted by Gasteiger charge is 2.29. The van der Waals surface area contributed by atoms with E-state index in [0.717, 1.165) is 22.4 Å². The van der Waals surface area contributed by atoms with Crippen LogP contribution in [0.2, 0.25) is 0 Å². The summed E-state index contributed by atoms with van der Waals surface area (Å²) in [5.41, 5.74) is 5.21. The minimum absolute atomic E-state index is 0.0741. The first kappa shape index (κ1) is 24.2. The van der Waals surface area contributed by atoms with Gasteiger partial charge in [-0.1, -0.05) is 29.4 Å². The highest BCUT2D eigenvalue weighted by molar-refractivity contribution is 6.14. The lowest BCUT2D eigenvalue weighted by Crippen LogP contribution is -2.41. The molecule has 0 spiro atoms. The third-order valence-electron chi connectivity index (χ3n) is 5.90. The van der Waals surface area contributed by atoms with E-state index in [2.05, 4.69) is 15.2 Å². The number of nitrogens with one attached hydrogen (secondary N) is 1. The Morgan fingerprint density at radius 3 is 2.43 bits per heavy atom. The van der Waals surface area contributed by atoms with Crippen molar-refractivity contribution in [2.45, 2.75) is 39.8 Å². The van der Waals surface area contributed by atoms with Gasteiger partial charge in [0.05, 0.1) is 24.6 Å². The Balaban J connectivity index is 1.86. The van der Waals surface area contributed by atoms with E-state index in [-0.39, 0.29) is 23.6 Å². The number of urea groups is 1. The van der Waals surface area contributed by atoms with E-state index < -0.39 is 6.61 Å². The summed E-state index contributed by atoms with van der Waals surface area (Å²) in [6, 6.07) is 10.0. The van der Waals surface area contributed by atoms with Crippen molar-refractivity contribution in [1.29, 1.82) is 0 Å². The fourth-order valence-corrected chi connectivity index (χ4v) is 4.27. The maximum Gasteiger partial charge on any atom is 0.387 e. The van der Waals surface area contributed by atoms with Gasteiger partial charge in [-0.05, 0) is 50.5 Å². The molecule has 0 radical (unpaired) electrons. The van der Waals surface area contributed by atoms with Crippen molar-refractivity contribution in [1.82, 2.24) is 15.5 Å². The molecule has 0 aliphatic carbocycles. The van der Waals surface area contributed by atoms with Crippen LogP contribution in [-0.2, 0) is 6.42 Å². The van der Waals surface area contributed by atoms with E-state index in [9.17, 15) is 13.6 Å². The van der Waals surface area contributed by atoms with Crippen LogP contribution in [0.1, 0.15) is 35.1 Å². The van der Waals surface area contributed by atoms with Crippen LogP contribution in [0, 0.1) is 13.8 Å². The number of aryl methyl sites for hydroxylation is 2. The van der Waals surface area contributed by atoms with E-state index in [1.165, 1.54) is 25.2 Å². The maximum atomic E-state index is 13.0. The van der Waals surface area contributed by atoms with E-state index >= 15 is 0 Å². The molecule has 184 valence electrons. The number of aromatic nitrogens is 1. The minimum atomic E-state index is -3.00. The lowest BCUT2D eigenvalue weighted by molar-refractivity contribution is -0.0512. The molecule has 1 atom stereocenters. The SMILES string of the molecule is CNC(=O)N1N=C(c2ccc(-c3c(C)noc3C)cc2)c2cc(OC)c(OC(F)F)cc2C[C@H]1C. The van der Waals surface area contributed by atoms with Crippen LogP contribution in [0.4, 0.5) is 13.6 Å². The van der Waals surface area contributed by atoms with Gasteiger partial charge < -0.3 is 19.3 Å². The molecule has 1 aromatic heterocycles. The number of ether oxygens (including phenoxy) is 2. The number of hydrogen-bond acceptors (Lipinski definition) is 6. The third-order valence-corrected chi connectivity index (χ3v) is 5.90. The summed E-state index contributed by atoms with van der Waals surface area (Å²) in [4.78, 5) is 12.6. The van der Waals surface area contributed by atoms with Crippen LogP contribution < -0.4 is 14.8 Å². The summed E-state index contributed by atoms with van der Waals surface area (Å²) >= 11 is 0. The quantitative estimate of drug-likeness (QED) is 0.556. The Kier molecular flexibility index (Phi) is 6.72. The Morgan fingerprint density at radius 2 is 1.86 bits per heavy atom. The van der Waals surface area contributed by atoms with Gasteiger partial charge in [0.1, 0.15) is 5.76 Å². The molecule has 0 bridgehead atoms. The number of amides is 2. The van der Waals surface area contributed by atoms with Crippen molar-refractivity contribution in [2.75, 3.05) is 14.2 Å². The number of halogens is 2. The second-order valence-corrected chi connectivity index (χ2v) is 8.22. The molecule has 2 amide bonds. The zero-order valence-electron chi connectivity index (χ0n) is 20.1. The first-order valence-electron chi connectivity index (χ1n) is 11.0. The average molecular weight is 485 g/mol. The first-order valence-corrected chi connectivity index (χ1v) is 11.0. The smallest absolute Gasteiger partial charge is 0.387 e. The normalized spacial score (nSPS) is 15.4. The number of methoxy groups -OCH3 is 1. The topological polar surface area (TPSA) is 89.2 Å². The van der Waals surface area contributed by atoms with Gasteiger partial charge in [-0.15, -0.1) is 0 Å². The molecule has 10 heteroatoms. The van der Waals surface area contributed by atoms with Gasteiger partial charge in [0, 0.05) is 23.7 Å². The number of alkyl halides is 2. The van der Waals surface area contributed by atoms with E-state index in [4.69, 9.17) is 14.4 Å². The number of benzene rings is 2. The Hall–Kier alpha value is -3.95. The van der Waals surface area contributed by atoms with Crippen molar-refractivity contribution >= 4 is 11.7 Å². The van der Waals surface area contributed by atoms with Crippen LogP contribution >= 0.6 is 0 Å². The Labute approximate surface area is 201 Å². The summed E-state index contributed by atoms with van der Waals surface area (Å²) in [6.07, 6.45) is 0.372. The molecule has 1 N–H and O–H groups in total. The fourth-order valence-electron chi connectivity index (χ4n) is 4.27. The van der Waals surface area contributed by atoms with Gasteiger partial charge in [0.25, 0.3) is 0 Å². The molecule has 0 saturated heterocycles. The average Bonchev–Trinajstić information content (AvgIpc) is 3.09. The van der Waals surface area contributed by atoms with E-state index in [1.807, 2.05) is 45.0 Å². The first-order chi connectivity index (χ1) is 16.7. The molecule has 0 fully saturated rings. The molecule has 4 rings (SSSR count). The highest BCUT2D eigenvalue weighted by Crippen LogP contribution is 2.36.